The fourth-order valence-corrected chi connectivity index (χ4v) is 5.82. The average Bonchev–Trinajstić information content (AvgIpc) is 2.91. The highest BCUT2D eigenvalue weighted by atomic mass is 79.9. The monoisotopic (exact) mass is 633 g/mol. The van der Waals surface area contributed by atoms with E-state index in [0.717, 1.165) is 26.3 Å². The first-order valence-electron chi connectivity index (χ1n) is 12.6. The van der Waals surface area contributed by atoms with Crippen molar-refractivity contribution in [1.82, 2.24) is 10.2 Å². The summed E-state index contributed by atoms with van der Waals surface area (Å²) in [6.45, 7) is 6.91. The van der Waals surface area contributed by atoms with E-state index < -0.39 is 28.5 Å². The first-order chi connectivity index (χ1) is 18.4. The summed E-state index contributed by atoms with van der Waals surface area (Å²) >= 11 is 9.84. The minimum absolute atomic E-state index is 0.0304. The van der Waals surface area contributed by atoms with Gasteiger partial charge in [-0.15, -0.1) is 0 Å². The van der Waals surface area contributed by atoms with E-state index in [4.69, 9.17) is 11.6 Å². The highest BCUT2D eigenvalue weighted by Crippen LogP contribution is 2.31. The molecule has 0 aliphatic rings. The van der Waals surface area contributed by atoms with Crippen molar-refractivity contribution < 1.29 is 18.0 Å². The molecule has 1 N–H and O–H groups in total. The van der Waals surface area contributed by atoms with E-state index in [1.807, 2.05) is 45.0 Å². The number of hydrogen-bond donors (Lipinski definition) is 1. The summed E-state index contributed by atoms with van der Waals surface area (Å²) in [6, 6.07) is 19.3. The lowest BCUT2D eigenvalue weighted by Crippen LogP contribution is -2.52. The van der Waals surface area contributed by atoms with Gasteiger partial charge in [0.25, 0.3) is 10.0 Å². The van der Waals surface area contributed by atoms with Gasteiger partial charge in [0, 0.05) is 17.1 Å². The van der Waals surface area contributed by atoms with Crippen LogP contribution in [0, 0.1) is 6.92 Å². The summed E-state index contributed by atoms with van der Waals surface area (Å²) in [5, 5.41) is 3.11. The number of carbonyl (C=O) groups excluding carboxylic acids is 2. The molecule has 0 unspecified atom stereocenters. The third kappa shape index (κ3) is 7.84. The van der Waals surface area contributed by atoms with Gasteiger partial charge in [-0.25, -0.2) is 8.42 Å². The molecule has 39 heavy (non-hydrogen) atoms. The number of aryl methyl sites for hydroxylation is 1. The van der Waals surface area contributed by atoms with Crippen LogP contribution in [0.25, 0.3) is 0 Å². The molecule has 0 spiro atoms. The predicted octanol–water partition coefficient (Wildman–Crippen LogP) is 5.94. The van der Waals surface area contributed by atoms with E-state index in [0.29, 0.717) is 0 Å². The molecule has 208 valence electrons. The van der Waals surface area contributed by atoms with Gasteiger partial charge < -0.3 is 10.2 Å². The smallest absolute Gasteiger partial charge is 0.264 e. The van der Waals surface area contributed by atoms with Crippen LogP contribution in [-0.4, -0.2) is 43.8 Å². The third-order valence-corrected chi connectivity index (χ3v) is 9.07. The second-order valence-electron chi connectivity index (χ2n) is 9.42. The van der Waals surface area contributed by atoms with E-state index >= 15 is 0 Å². The van der Waals surface area contributed by atoms with E-state index in [9.17, 15) is 18.0 Å². The molecule has 2 atom stereocenters. The lowest BCUT2D eigenvalue weighted by molar-refractivity contribution is -0.139. The fraction of sp³-hybridized carbons (Fsp3) is 0.310. The summed E-state index contributed by atoms with van der Waals surface area (Å²) in [5.41, 5.74) is 1.87. The zero-order valence-electron chi connectivity index (χ0n) is 22.4. The Kier molecular flexibility index (Phi) is 10.6. The Morgan fingerprint density at radius 3 is 2.18 bits per heavy atom. The van der Waals surface area contributed by atoms with Crippen molar-refractivity contribution in [3.63, 3.8) is 0 Å². The first-order valence-corrected chi connectivity index (χ1v) is 15.2. The number of sulfonamides is 1. The molecule has 10 heteroatoms. The van der Waals surface area contributed by atoms with Crippen LogP contribution in [0.5, 0.6) is 0 Å². The maximum absolute atomic E-state index is 13.9. The van der Waals surface area contributed by atoms with Gasteiger partial charge in [-0.05, 0) is 69.2 Å². The Labute approximate surface area is 244 Å². The number of benzene rings is 3. The van der Waals surface area contributed by atoms with E-state index in [1.54, 1.807) is 43.3 Å². The maximum Gasteiger partial charge on any atom is 0.264 e. The van der Waals surface area contributed by atoms with Gasteiger partial charge in [0.05, 0.1) is 15.6 Å². The number of nitrogens with zero attached hydrogens (tertiary/aromatic N) is 2. The lowest BCUT2D eigenvalue weighted by Gasteiger charge is -2.32. The van der Waals surface area contributed by atoms with Crippen LogP contribution in [0.15, 0.2) is 82.2 Å². The molecule has 0 aliphatic carbocycles. The van der Waals surface area contributed by atoms with E-state index in [1.165, 1.54) is 17.0 Å². The van der Waals surface area contributed by atoms with Gasteiger partial charge in [-0.2, -0.15) is 0 Å². The third-order valence-electron chi connectivity index (χ3n) is 6.44. The summed E-state index contributed by atoms with van der Waals surface area (Å²) in [6.07, 6.45) is 0.730. The Morgan fingerprint density at radius 2 is 1.59 bits per heavy atom. The Bertz CT molecular complexity index is 1400. The number of para-hydroxylation sites is 1. The van der Waals surface area contributed by atoms with Crippen LogP contribution < -0.4 is 9.62 Å². The first kappa shape index (κ1) is 30.7. The topological polar surface area (TPSA) is 86.8 Å². The highest BCUT2D eigenvalue weighted by Gasteiger charge is 2.33. The Balaban J connectivity index is 2.03. The maximum atomic E-state index is 13.9. The SMILES string of the molecule is CC[C@@H](C)NC(=O)[C@@H](C)N(Cc1ccc(Br)cc1)C(=O)CN(c1ccccc1Cl)S(=O)(=O)c1ccc(C)cc1. The summed E-state index contributed by atoms with van der Waals surface area (Å²) < 4.78 is 29.6. The average molecular weight is 635 g/mol. The van der Waals surface area contributed by atoms with Gasteiger partial charge in [0.15, 0.2) is 0 Å². The quantitative estimate of drug-likeness (QED) is 0.283. The molecule has 0 aliphatic heterocycles. The van der Waals surface area contributed by atoms with Crippen LogP contribution in [-0.2, 0) is 26.2 Å². The van der Waals surface area contributed by atoms with Crippen LogP contribution in [0.3, 0.4) is 0 Å². The molecule has 0 saturated heterocycles. The summed E-state index contributed by atoms with van der Waals surface area (Å²) in [7, 11) is -4.17. The molecule has 0 bridgehead atoms. The molecule has 0 aromatic heterocycles. The lowest BCUT2D eigenvalue weighted by atomic mass is 10.1. The van der Waals surface area contributed by atoms with Gasteiger partial charge in [-0.3, -0.25) is 13.9 Å². The van der Waals surface area contributed by atoms with Crippen molar-refractivity contribution in [2.75, 3.05) is 10.8 Å². The van der Waals surface area contributed by atoms with Crippen LogP contribution >= 0.6 is 27.5 Å². The molecule has 3 rings (SSSR count). The number of hydrogen-bond acceptors (Lipinski definition) is 4. The van der Waals surface area contributed by atoms with Crippen molar-refractivity contribution in [1.29, 1.82) is 0 Å². The summed E-state index contributed by atoms with van der Waals surface area (Å²) in [5.74, 6) is -0.860. The molecular formula is C29H33BrClN3O4S. The van der Waals surface area contributed by atoms with Crippen molar-refractivity contribution in [2.24, 2.45) is 0 Å². The number of halogens is 2. The molecule has 0 fully saturated rings. The van der Waals surface area contributed by atoms with Crippen molar-refractivity contribution in [3.8, 4) is 0 Å². The predicted molar refractivity (Wildman–Crippen MR) is 159 cm³/mol. The molecule has 0 heterocycles. The molecule has 0 saturated carbocycles. The van der Waals surface area contributed by atoms with Crippen LogP contribution in [0.2, 0.25) is 5.02 Å². The molecule has 3 aromatic rings. The second-order valence-corrected chi connectivity index (χ2v) is 12.6. The van der Waals surface area contributed by atoms with E-state index in [-0.39, 0.29) is 34.1 Å². The minimum Gasteiger partial charge on any atom is -0.352 e. The number of nitrogens with one attached hydrogen (secondary N) is 1. The number of anilines is 1. The molecule has 3 aromatic carbocycles. The molecule has 0 radical (unpaired) electrons. The molecule has 7 nitrogen and oxygen atoms in total. The number of amides is 2. The molecule has 2 amide bonds. The normalized spacial score (nSPS) is 12.9. The zero-order valence-corrected chi connectivity index (χ0v) is 25.6. The van der Waals surface area contributed by atoms with Crippen LogP contribution in [0.1, 0.15) is 38.3 Å². The van der Waals surface area contributed by atoms with Gasteiger partial charge >= 0.3 is 0 Å². The van der Waals surface area contributed by atoms with Gasteiger partial charge in [0.1, 0.15) is 12.6 Å². The van der Waals surface area contributed by atoms with E-state index in [2.05, 4.69) is 21.2 Å². The fourth-order valence-electron chi connectivity index (χ4n) is 3.84. The summed E-state index contributed by atoms with van der Waals surface area (Å²) in [4.78, 5) is 28.5. The minimum atomic E-state index is -4.17. The van der Waals surface area contributed by atoms with Crippen molar-refractivity contribution >= 4 is 55.1 Å². The number of carbonyl (C=O) groups is 2. The van der Waals surface area contributed by atoms with Crippen molar-refractivity contribution in [2.45, 2.75) is 57.6 Å². The standard InChI is InChI=1S/C29H33BrClN3O4S/c1-5-21(3)32-29(36)22(4)33(18-23-12-14-24(30)15-13-23)28(35)19-34(27-9-7-6-8-26(27)31)39(37,38)25-16-10-20(2)11-17-25/h6-17,21-22H,5,18-19H2,1-4H3,(H,32,36)/t21-,22-/m1/s1. The Hall–Kier alpha value is -2.88. The Morgan fingerprint density at radius 1 is 0.974 bits per heavy atom. The largest absolute Gasteiger partial charge is 0.352 e. The molecular weight excluding hydrogens is 602 g/mol. The number of rotatable bonds is 11. The highest BCUT2D eigenvalue weighted by molar-refractivity contribution is 9.10. The van der Waals surface area contributed by atoms with Crippen LogP contribution in [0.4, 0.5) is 5.69 Å². The second kappa shape index (κ2) is 13.5. The zero-order chi connectivity index (χ0) is 28.7. The van der Waals surface area contributed by atoms with Gasteiger partial charge in [0.2, 0.25) is 11.8 Å². The van der Waals surface area contributed by atoms with Gasteiger partial charge in [-0.1, -0.05) is 76.4 Å². The van der Waals surface area contributed by atoms with Crippen molar-refractivity contribution in [3.05, 3.63) is 93.4 Å².